The number of methoxy groups -OCH3 is 2. The largest absolute Gasteiger partial charge is 0.508 e. The maximum Gasteiger partial charge on any atom is 0.343 e. The summed E-state index contributed by atoms with van der Waals surface area (Å²) in [5.41, 5.74) is 12.1. The van der Waals surface area contributed by atoms with E-state index in [4.69, 9.17) is 40.6 Å². The van der Waals surface area contributed by atoms with Gasteiger partial charge in [-0.1, -0.05) is 24.3 Å². The van der Waals surface area contributed by atoms with Crippen LogP contribution in [0.2, 0.25) is 0 Å². The van der Waals surface area contributed by atoms with Crippen molar-refractivity contribution in [2.75, 3.05) is 27.4 Å². The highest BCUT2D eigenvalue weighted by Gasteiger charge is 2.18. The zero-order valence-electron chi connectivity index (χ0n) is 21.3. The van der Waals surface area contributed by atoms with Crippen molar-refractivity contribution in [1.82, 2.24) is 0 Å². The second-order valence-corrected chi connectivity index (χ2v) is 7.81. The molecule has 0 amide bonds. The monoisotopic (exact) mass is 542 g/mol. The molecule has 0 fully saturated rings. The molecule has 2 atom stereocenters. The minimum atomic E-state index is -1.17. The van der Waals surface area contributed by atoms with Gasteiger partial charge in [0.15, 0.2) is 18.2 Å². The molecule has 0 radical (unpaired) electrons. The summed E-state index contributed by atoms with van der Waals surface area (Å²) < 4.78 is 20.1. The fourth-order valence-corrected chi connectivity index (χ4v) is 3.04. The van der Waals surface area contributed by atoms with Crippen molar-refractivity contribution < 1.29 is 48.7 Å². The van der Waals surface area contributed by atoms with Crippen LogP contribution in [0.15, 0.2) is 60.4 Å². The van der Waals surface area contributed by atoms with E-state index in [0.717, 1.165) is 6.08 Å². The van der Waals surface area contributed by atoms with Crippen LogP contribution in [0.5, 0.6) is 11.5 Å². The first-order valence-electron chi connectivity index (χ1n) is 11.4. The predicted octanol–water partition coefficient (Wildman–Crippen LogP) is 1.31. The normalized spacial score (nSPS) is 13.2. The number of esters is 2. The third kappa shape index (κ3) is 9.39. The van der Waals surface area contributed by atoms with E-state index in [-0.39, 0.29) is 28.4 Å². The van der Waals surface area contributed by atoms with Crippen LogP contribution in [0, 0.1) is 0 Å². The minimum absolute atomic E-state index is 0.0860. The Balaban J connectivity index is 2.09. The lowest BCUT2D eigenvalue weighted by Gasteiger charge is -2.12. The topological polar surface area (TPSA) is 201 Å². The lowest BCUT2D eigenvalue weighted by atomic mass is 10.1. The third-order valence-corrected chi connectivity index (χ3v) is 4.94. The highest BCUT2D eigenvalue weighted by atomic mass is 16.6. The van der Waals surface area contributed by atoms with Crippen molar-refractivity contribution in [2.24, 2.45) is 11.5 Å². The van der Waals surface area contributed by atoms with Crippen molar-refractivity contribution in [3.05, 3.63) is 82.6 Å². The van der Waals surface area contributed by atoms with Gasteiger partial charge >= 0.3 is 11.9 Å². The first-order chi connectivity index (χ1) is 18.6. The molecule has 39 heavy (non-hydrogen) atoms. The molecule has 12 heteroatoms. The molecule has 0 aliphatic carbocycles. The van der Waals surface area contributed by atoms with Gasteiger partial charge in [0.1, 0.15) is 28.4 Å². The zero-order chi connectivity index (χ0) is 28.9. The van der Waals surface area contributed by atoms with E-state index in [1.54, 1.807) is 12.1 Å². The van der Waals surface area contributed by atoms with Crippen molar-refractivity contribution in [3.8, 4) is 11.5 Å². The Morgan fingerprint density at radius 3 is 1.64 bits per heavy atom. The maximum atomic E-state index is 12.3. The number of aliphatic hydroxyl groups is 3. The van der Waals surface area contributed by atoms with Crippen LogP contribution in [0.4, 0.5) is 0 Å². The van der Waals surface area contributed by atoms with E-state index >= 15 is 0 Å². The zero-order valence-corrected chi connectivity index (χ0v) is 21.3. The molecule has 0 saturated carbocycles. The van der Waals surface area contributed by atoms with E-state index in [9.17, 15) is 19.5 Å². The van der Waals surface area contributed by atoms with Gasteiger partial charge in [0.25, 0.3) is 0 Å². The van der Waals surface area contributed by atoms with Gasteiger partial charge in [-0.25, -0.2) is 9.59 Å². The van der Waals surface area contributed by atoms with Gasteiger partial charge < -0.3 is 34.3 Å². The Kier molecular flexibility index (Phi) is 11.9. The van der Waals surface area contributed by atoms with Crippen molar-refractivity contribution in [2.45, 2.75) is 12.5 Å². The summed E-state index contributed by atoms with van der Waals surface area (Å²) in [7, 11) is 2.71. The summed E-state index contributed by atoms with van der Waals surface area (Å²) in [6.45, 7) is -1.07. The lowest BCUT2D eigenvalue weighted by Crippen LogP contribution is -2.30. The van der Waals surface area contributed by atoms with Crippen LogP contribution in [0.25, 0.3) is 12.2 Å². The number of rotatable bonds is 13. The lowest BCUT2D eigenvalue weighted by molar-refractivity contribution is -0.110. The molecule has 0 bridgehead atoms. The maximum absolute atomic E-state index is 12.3. The van der Waals surface area contributed by atoms with Crippen LogP contribution in [-0.4, -0.2) is 72.9 Å². The Labute approximate surface area is 224 Å². The number of carbonyl (C=O) groups excluding carboxylic acids is 3. The number of benzene rings is 2. The van der Waals surface area contributed by atoms with Crippen LogP contribution in [0.3, 0.4) is 0 Å². The summed E-state index contributed by atoms with van der Waals surface area (Å²) in [4.78, 5) is 36.5. The smallest absolute Gasteiger partial charge is 0.343 e. The molecule has 2 unspecified atom stereocenters. The second kappa shape index (κ2) is 15.1. The molecule has 2 rings (SSSR count). The number of nitrogens with two attached hydrogens (primary N) is 2. The Bertz CT molecular complexity index is 1270. The number of ketones is 1. The highest BCUT2D eigenvalue weighted by molar-refractivity contribution is 6.02. The molecular formula is C27H30N2O10. The Hall–Kier alpha value is -4.49. The summed E-state index contributed by atoms with van der Waals surface area (Å²) in [5.74, 6) is -2.06. The molecule has 0 aliphatic heterocycles. The first kappa shape index (κ1) is 30.7. The standard InChI is InChI=1S/C27H30N2O10/c1-36-22-11-16(5-9-20(22)26(34)38-24(28)14-30)3-7-18(32)13-19(33)8-4-17-6-10-21(23(12-17)37-2)27(35)39-25(29)15-31/h3-13,24-25,30-32H,14-15,28-29H2,1-2H3/b7-3+,8-4+,18-13-. The molecule has 0 saturated heterocycles. The average molecular weight is 543 g/mol. The quantitative estimate of drug-likeness (QED) is 0.0800. The van der Waals surface area contributed by atoms with E-state index in [2.05, 4.69) is 0 Å². The SMILES string of the molecule is COc1cc(/C=C/C(=O)/C=C(O)/C=C/c2ccc(C(=O)OC(N)CO)c(OC)c2)ccc1C(=O)OC(N)CO. The molecule has 7 N–H and O–H groups in total. The molecule has 208 valence electrons. The van der Waals surface area contributed by atoms with Gasteiger partial charge in [-0.3, -0.25) is 16.3 Å². The van der Waals surface area contributed by atoms with Crippen molar-refractivity contribution >= 4 is 29.9 Å². The average Bonchev–Trinajstić information content (AvgIpc) is 2.94. The van der Waals surface area contributed by atoms with E-state index in [1.807, 2.05) is 0 Å². The predicted molar refractivity (Wildman–Crippen MR) is 141 cm³/mol. The Morgan fingerprint density at radius 1 is 0.795 bits per heavy atom. The highest BCUT2D eigenvalue weighted by Crippen LogP contribution is 2.23. The van der Waals surface area contributed by atoms with Crippen LogP contribution < -0.4 is 20.9 Å². The molecular weight excluding hydrogens is 512 g/mol. The van der Waals surface area contributed by atoms with Gasteiger partial charge in [-0.05, 0) is 47.5 Å². The third-order valence-electron chi connectivity index (χ3n) is 4.94. The minimum Gasteiger partial charge on any atom is -0.508 e. The van der Waals surface area contributed by atoms with Crippen molar-refractivity contribution in [1.29, 1.82) is 0 Å². The van der Waals surface area contributed by atoms with Gasteiger partial charge in [0, 0.05) is 6.08 Å². The molecule has 0 aliphatic rings. The number of aliphatic hydroxyl groups excluding tert-OH is 3. The Morgan fingerprint density at radius 2 is 1.23 bits per heavy atom. The summed E-state index contributed by atoms with van der Waals surface area (Å²) in [6, 6.07) is 8.96. The van der Waals surface area contributed by atoms with Gasteiger partial charge in [-0.15, -0.1) is 0 Å². The van der Waals surface area contributed by atoms with Crippen molar-refractivity contribution in [3.63, 3.8) is 0 Å². The van der Waals surface area contributed by atoms with E-state index in [0.29, 0.717) is 11.1 Å². The molecule has 2 aromatic rings. The van der Waals surface area contributed by atoms with E-state index in [1.165, 1.54) is 62.8 Å². The number of hydrogen-bond acceptors (Lipinski definition) is 12. The van der Waals surface area contributed by atoms with Crippen LogP contribution in [-0.2, 0) is 14.3 Å². The number of carbonyl (C=O) groups is 3. The molecule has 2 aromatic carbocycles. The fourth-order valence-electron chi connectivity index (χ4n) is 3.04. The summed E-state index contributed by atoms with van der Waals surface area (Å²) >= 11 is 0. The molecule has 0 spiro atoms. The van der Waals surface area contributed by atoms with Gasteiger partial charge in [0.2, 0.25) is 0 Å². The van der Waals surface area contributed by atoms with Gasteiger partial charge in [-0.2, -0.15) is 0 Å². The molecule has 12 nitrogen and oxygen atoms in total. The van der Waals surface area contributed by atoms with Gasteiger partial charge in [0.05, 0.1) is 27.4 Å². The number of ether oxygens (including phenoxy) is 4. The summed E-state index contributed by atoms with van der Waals surface area (Å²) in [5, 5.41) is 28.0. The first-order valence-corrected chi connectivity index (χ1v) is 11.4. The molecule has 0 heterocycles. The second-order valence-electron chi connectivity index (χ2n) is 7.81. The molecule has 0 aromatic heterocycles. The van der Waals surface area contributed by atoms with Crippen LogP contribution in [0.1, 0.15) is 31.8 Å². The fraction of sp³-hybridized carbons (Fsp3) is 0.222. The number of allylic oxidation sites excluding steroid dienone is 3. The van der Waals surface area contributed by atoms with Crippen LogP contribution >= 0.6 is 0 Å². The summed E-state index contributed by atoms with van der Waals surface area (Å²) in [6.07, 6.45) is 4.09. The number of hydrogen-bond donors (Lipinski definition) is 5. The van der Waals surface area contributed by atoms with E-state index < -0.39 is 43.4 Å².